The largest absolute Gasteiger partial charge is 0.455 e. The molecule has 0 unspecified atom stereocenters. The number of fused-ring (bicyclic) bond motifs is 2. The number of anilines is 2. The fourth-order valence-electron chi connectivity index (χ4n) is 2.51. The number of amides is 1. The lowest BCUT2D eigenvalue weighted by molar-refractivity contribution is -0.131. The molecular weight excluding hydrogens is 292 g/mol. The Bertz CT molecular complexity index is 936. The van der Waals surface area contributed by atoms with Crippen molar-refractivity contribution in [3.05, 3.63) is 66.4 Å². The molecule has 0 spiro atoms. The van der Waals surface area contributed by atoms with Crippen LogP contribution in [0.25, 0.3) is 16.7 Å². The van der Waals surface area contributed by atoms with Crippen molar-refractivity contribution in [1.29, 1.82) is 0 Å². The summed E-state index contributed by atoms with van der Waals surface area (Å²) in [5, 5.41) is 6.67. The zero-order valence-corrected chi connectivity index (χ0v) is 12.0. The SMILES string of the molecule is O=C1/C=C(/c2cc3ccccc3o2)Nc2ccccc2NC1=O. The van der Waals surface area contributed by atoms with E-state index in [-0.39, 0.29) is 0 Å². The van der Waals surface area contributed by atoms with Crippen molar-refractivity contribution in [2.45, 2.75) is 0 Å². The first-order valence-electron chi connectivity index (χ1n) is 7.13. The van der Waals surface area contributed by atoms with E-state index in [1.165, 1.54) is 6.08 Å². The summed E-state index contributed by atoms with van der Waals surface area (Å²) in [5.74, 6) is -0.806. The van der Waals surface area contributed by atoms with Crippen molar-refractivity contribution >= 4 is 39.7 Å². The molecule has 1 aliphatic rings. The first kappa shape index (κ1) is 13.3. The predicted molar refractivity (Wildman–Crippen MR) is 87.9 cm³/mol. The highest BCUT2D eigenvalue weighted by Gasteiger charge is 2.20. The van der Waals surface area contributed by atoms with Gasteiger partial charge in [-0.1, -0.05) is 30.3 Å². The fraction of sp³-hybridized carbons (Fsp3) is 0. The Morgan fingerprint density at radius 1 is 0.826 bits per heavy atom. The molecule has 0 aliphatic carbocycles. The van der Waals surface area contributed by atoms with Crippen LogP contribution in [0.3, 0.4) is 0 Å². The van der Waals surface area contributed by atoms with Crippen LogP contribution in [-0.4, -0.2) is 11.7 Å². The molecule has 0 saturated carbocycles. The van der Waals surface area contributed by atoms with Crippen molar-refractivity contribution in [3.63, 3.8) is 0 Å². The van der Waals surface area contributed by atoms with E-state index in [0.717, 1.165) is 11.0 Å². The number of ketones is 1. The third-order valence-electron chi connectivity index (χ3n) is 3.63. The molecule has 1 amide bonds. The molecule has 4 rings (SSSR count). The molecule has 0 radical (unpaired) electrons. The lowest BCUT2D eigenvalue weighted by atomic mass is 10.1. The average molecular weight is 304 g/mol. The number of rotatable bonds is 1. The second-order valence-electron chi connectivity index (χ2n) is 5.20. The Kier molecular flexibility index (Phi) is 2.98. The first-order chi connectivity index (χ1) is 11.2. The summed E-state index contributed by atoms with van der Waals surface area (Å²) in [6.45, 7) is 0. The maximum atomic E-state index is 12.0. The molecule has 0 saturated heterocycles. The van der Waals surface area contributed by atoms with Crippen LogP contribution in [0, 0.1) is 0 Å². The molecule has 0 bridgehead atoms. The van der Waals surface area contributed by atoms with Crippen LogP contribution in [0.5, 0.6) is 0 Å². The summed E-state index contributed by atoms with van der Waals surface area (Å²) >= 11 is 0. The van der Waals surface area contributed by atoms with Gasteiger partial charge in [0.25, 0.3) is 5.91 Å². The Balaban J connectivity index is 1.85. The van der Waals surface area contributed by atoms with Crippen molar-refractivity contribution in [3.8, 4) is 0 Å². The topological polar surface area (TPSA) is 71.3 Å². The van der Waals surface area contributed by atoms with Gasteiger partial charge in [0.15, 0.2) is 5.76 Å². The molecule has 5 heteroatoms. The van der Waals surface area contributed by atoms with E-state index in [2.05, 4.69) is 10.6 Å². The Hall–Kier alpha value is -3.34. The minimum atomic E-state index is -0.674. The molecule has 2 aromatic carbocycles. The molecule has 0 atom stereocenters. The lowest BCUT2D eigenvalue weighted by Gasteiger charge is -2.16. The average Bonchev–Trinajstić information content (AvgIpc) is 2.98. The van der Waals surface area contributed by atoms with Crippen molar-refractivity contribution in [2.75, 3.05) is 10.6 Å². The summed E-state index contributed by atoms with van der Waals surface area (Å²) in [5.41, 5.74) is 2.42. The number of furan rings is 1. The lowest BCUT2D eigenvalue weighted by Crippen LogP contribution is -2.24. The van der Waals surface area contributed by atoms with Crippen LogP contribution < -0.4 is 10.6 Å². The van der Waals surface area contributed by atoms with E-state index < -0.39 is 11.7 Å². The minimum Gasteiger partial charge on any atom is -0.455 e. The summed E-state index contributed by atoms with van der Waals surface area (Å²) in [4.78, 5) is 23.9. The van der Waals surface area contributed by atoms with E-state index in [4.69, 9.17) is 4.42 Å². The second-order valence-corrected chi connectivity index (χ2v) is 5.20. The number of carbonyl (C=O) groups excluding carboxylic acids is 2. The zero-order chi connectivity index (χ0) is 15.8. The highest BCUT2D eigenvalue weighted by molar-refractivity contribution is 6.46. The normalized spacial score (nSPS) is 16.6. The number of carbonyl (C=O) groups is 2. The highest BCUT2D eigenvalue weighted by Crippen LogP contribution is 2.30. The van der Waals surface area contributed by atoms with Crippen LogP contribution >= 0.6 is 0 Å². The summed E-state index contributed by atoms with van der Waals surface area (Å²) in [6, 6.07) is 16.6. The predicted octanol–water partition coefficient (Wildman–Crippen LogP) is 3.41. The van der Waals surface area contributed by atoms with E-state index in [9.17, 15) is 9.59 Å². The van der Waals surface area contributed by atoms with Crippen molar-refractivity contribution in [2.24, 2.45) is 0 Å². The molecular formula is C18H12N2O3. The number of nitrogens with one attached hydrogen (secondary N) is 2. The molecule has 5 nitrogen and oxygen atoms in total. The van der Waals surface area contributed by atoms with Gasteiger partial charge in [-0.15, -0.1) is 0 Å². The quantitative estimate of drug-likeness (QED) is 0.676. The van der Waals surface area contributed by atoms with Gasteiger partial charge in [-0.05, 0) is 24.3 Å². The molecule has 2 N–H and O–H groups in total. The number of benzene rings is 2. The van der Waals surface area contributed by atoms with E-state index in [1.54, 1.807) is 12.1 Å². The standard InChI is InChI=1S/C18H12N2O3/c21-15-10-14(17-9-11-5-1-4-8-16(11)23-17)19-12-6-2-3-7-13(12)20-18(15)22/h1-10,19H,(H,20,22)/b14-10-. The summed E-state index contributed by atoms with van der Waals surface area (Å²) in [7, 11) is 0. The van der Waals surface area contributed by atoms with Gasteiger partial charge in [-0.25, -0.2) is 0 Å². The molecule has 112 valence electrons. The van der Waals surface area contributed by atoms with Crippen LogP contribution in [0.4, 0.5) is 11.4 Å². The molecule has 0 fully saturated rings. The molecule has 1 aliphatic heterocycles. The fourth-order valence-corrected chi connectivity index (χ4v) is 2.51. The third-order valence-corrected chi connectivity index (χ3v) is 3.63. The summed E-state index contributed by atoms with van der Waals surface area (Å²) in [6.07, 6.45) is 1.25. The number of hydrogen-bond donors (Lipinski definition) is 2. The van der Waals surface area contributed by atoms with Crippen LogP contribution in [0.2, 0.25) is 0 Å². The molecule has 1 aromatic heterocycles. The number of hydrogen-bond acceptors (Lipinski definition) is 4. The van der Waals surface area contributed by atoms with Gasteiger partial charge < -0.3 is 15.1 Å². The van der Waals surface area contributed by atoms with Gasteiger partial charge in [0, 0.05) is 11.5 Å². The van der Waals surface area contributed by atoms with E-state index in [1.807, 2.05) is 42.5 Å². The maximum Gasteiger partial charge on any atom is 0.296 e. The Morgan fingerprint density at radius 3 is 2.30 bits per heavy atom. The molecule has 23 heavy (non-hydrogen) atoms. The van der Waals surface area contributed by atoms with Crippen molar-refractivity contribution < 1.29 is 14.0 Å². The van der Waals surface area contributed by atoms with Gasteiger partial charge in [0.2, 0.25) is 5.78 Å². The van der Waals surface area contributed by atoms with Gasteiger partial charge in [-0.2, -0.15) is 0 Å². The molecule has 3 aromatic rings. The zero-order valence-electron chi connectivity index (χ0n) is 12.0. The first-order valence-corrected chi connectivity index (χ1v) is 7.13. The van der Waals surface area contributed by atoms with Gasteiger partial charge >= 0.3 is 0 Å². The Morgan fingerprint density at radius 2 is 1.52 bits per heavy atom. The van der Waals surface area contributed by atoms with Crippen LogP contribution in [-0.2, 0) is 9.59 Å². The number of para-hydroxylation sites is 3. The van der Waals surface area contributed by atoms with Gasteiger partial charge in [0.1, 0.15) is 5.58 Å². The third kappa shape index (κ3) is 2.38. The summed E-state index contributed by atoms with van der Waals surface area (Å²) < 4.78 is 5.79. The van der Waals surface area contributed by atoms with Crippen LogP contribution in [0.15, 0.2) is 65.1 Å². The van der Waals surface area contributed by atoms with E-state index in [0.29, 0.717) is 22.8 Å². The highest BCUT2D eigenvalue weighted by atomic mass is 16.3. The Labute approximate surface area is 131 Å². The van der Waals surface area contributed by atoms with E-state index >= 15 is 0 Å². The second kappa shape index (κ2) is 5.14. The van der Waals surface area contributed by atoms with Crippen LogP contribution in [0.1, 0.15) is 5.76 Å². The monoisotopic (exact) mass is 304 g/mol. The maximum absolute atomic E-state index is 12.0. The molecule has 2 heterocycles. The van der Waals surface area contributed by atoms with Gasteiger partial charge in [0.05, 0.1) is 17.1 Å². The van der Waals surface area contributed by atoms with Gasteiger partial charge in [-0.3, -0.25) is 9.59 Å². The smallest absolute Gasteiger partial charge is 0.296 e. The minimum absolute atomic E-state index is 0.452. The van der Waals surface area contributed by atoms with Crippen molar-refractivity contribution in [1.82, 2.24) is 0 Å².